The summed E-state index contributed by atoms with van der Waals surface area (Å²) in [6, 6.07) is 0. The zero-order valence-corrected chi connectivity index (χ0v) is 7.66. The smallest absolute Gasteiger partial charge is 0.170 e. The number of sulfone groups is 1. The summed E-state index contributed by atoms with van der Waals surface area (Å²) in [5.74, 6) is 0.750. The van der Waals surface area contributed by atoms with Gasteiger partial charge in [-0.25, -0.2) is 8.42 Å². The molecule has 0 aromatic rings. The Morgan fingerprint density at radius 1 is 1.64 bits per heavy atom. The van der Waals surface area contributed by atoms with Crippen LogP contribution in [0.4, 0.5) is 0 Å². The third kappa shape index (κ3) is 2.10. The van der Waals surface area contributed by atoms with E-state index in [1.807, 2.05) is 0 Å². The van der Waals surface area contributed by atoms with E-state index >= 15 is 0 Å². The topological polar surface area (TPSA) is 61.2 Å². The minimum atomic E-state index is -2.90. The molecule has 11 heavy (non-hydrogen) atoms. The molecule has 64 valence electrons. The lowest BCUT2D eigenvalue weighted by atomic mass is 10.5. The molecule has 6 heteroatoms. The standard InChI is InChI=1S/C5H10N2O2S2/c6-5(3-10)7-1-2-11(8,9)4-7/h6,10H,1-4H2. The van der Waals surface area contributed by atoms with Crippen molar-refractivity contribution in [2.75, 3.05) is 23.9 Å². The average molecular weight is 194 g/mol. The first kappa shape index (κ1) is 8.86. The van der Waals surface area contributed by atoms with Gasteiger partial charge in [-0.1, -0.05) is 0 Å². The van der Waals surface area contributed by atoms with Crippen molar-refractivity contribution in [3.05, 3.63) is 0 Å². The molecule has 0 aliphatic carbocycles. The maximum absolute atomic E-state index is 10.9. The molecule has 0 saturated carbocycles. The maximum Gasteiger partial charge on any atom is 0.170 e. The second-order valence-electron chi connectivity index (χ2n) is 2.45. The summed E-state index contributed by atoms with van der Waals surface area (Å²) in [5.41, 5.74) is 0. The second-order valence-corrected chi connectivity index (χ2v) is 4.91. The summed E-state index contributed by atoms with van der Waals surface area (Å²) in [4.78, 5) is 1.53. The number of amidine groups is 1. The SMILES string of the molecule is N=C(CS)N1CCS(=O)(=O)C1. The van der Waals surface area contributed by atoms with E-state index in [4.69, 9.17) is 5.41 Å². The first-order valence-electron chi connectivity index (χ1n) is 3.19. The Bertz CT molecular complexity index is 260. The van der Waals surface area contributed by atoms with Crippen molar-refractivity contribution < 1.29 is 8.42 Å². The van der Waals surface area contributed by atoms with Gasteiger partial charge in [0.05, 0.1) is 5.75 Å². The molecular weight excluding hydrogens is 184 g/mol. The van der Waals surface area contributed by atoms with Crippen molar-refractivity contribution >= 4 is 28.3 Å². The number of nitrogens with one attached hydrogen (secondary N) is 1. The molecule has 0 radical (unpaired) electrons. The van der Waals surface area contributed by atoms with Crippen LogP contribution in [0.15, 0.2) is 0 Å². The van der Waals surface area contributed by atoms with Crippen molar-refractivity contribution in [1.29, 1.82) is 5.41 Å². The Morgan fingerprint density at radius 2 is 2.27 bits per heavy atom. The van der Waals surface area contributed by atoms with Crippen LogP contribution in [0.3, 0.4) is 0 Å². The van der Waals surface area contributed by atoms with Crippen molar-refractivity contribution in [1.82, 2.24) is 4.90 Å². The minimum Gasteiger partial charge on any atom is -0.344 e. The van der Waals surface area contributed by atoms with Gasteiger partial charge in [0.2, 0.25) is 0 Å². The van der Waals surface area contributed by atoms with Crippen molar-refractivity contribution in [3.63, 3.8) is 0 Å². The highest BCUT2D eigenvalue weighted by molar-refractivity contribution is 7.91. The van der Waals surface area contributed by atoms with Gasteiger partial charge in [0.15, 0.2) is 9.84 Å². The van der Waals surface area contributed by atoms with Crippen LogP contribution < -0.4 is 0 Å². The quantitative estimate of drug-likeness (QED) is 0.339. The Kier molecular flexibility index (Phi) is 2.43. The highest BCUT2D eigenvalue weighted by Gasteiger charge is 2.26. The number of hydrogen-bond acceptors (Lipinski definition) is 4. The van der Waals surface area contributed by atoms with E-state index in [0.29, 0.717) is 12.3 Å². The van der Waals surface area contributed by atoms with Crippen LogP contribution in [0.5, 0.6) is 0 Å². The molecule has 1 aliphatic heterocycles. The van der Waals surface area contributed by atoms with E-state index < -0.39 is 9.84 Å². The molecule has 0 atom stereocenters. The number of nitrogens with zero attached hydrogens (tertiary/aromatic N) is 1. The monoisotopic (exact) mass is 194 g/mol. The lowest BCUT2D eigenvalue weighted by Gasteiger charge is -2.14. The number of rotatable bonds is 1. The molecule has 0 bridgehead atoms. The van der Waals surface area contributed by atoms with E-state index in [-0.39, 0.29) is 17.5 Å². The molecule has 1 heterocycles. The number of thiol groups is 1. The third-order valence-corrected chi connectivity index (χ3v) is 3.37. The van der Waals surface area contributed by atoms with Crippen molar-refractivity contribution in [2.45, 2.75) is 0 Å². The fourth-order valence-corrected chi connectivity index (χ4v) is 2.52. The van der Waals surface area contributed by atoms with E-state index in [1.54, 1.807) is 0 Å². The zero-order chi connectivity index (χ0) is 8.48. The first-order chi connectivity index (χ1) is 5.05. The van der Waals surface area contributed by atoms with Crippen LogP contribution in [-0.4, -0.2) is 43.1 Å². The fraction of sp³-hybridized carbons (Fsp3) is 0.800. The normalized spacial score (nSPS) is 22.1. The lowest BCUT2D eigenvalue weighted by molar-refractivity contribution is 0.528. The summed E-state index contributed by atoms with van der Waals surface area (Å²) < 4.78 is 21.8. The minimum absolute atomic E-state index is 0.00755. The summed E-state index contributed by atoms with van der Waals surface area (Å²) in [6.45, 7) is 0.446. The molecule has 0 unspecified atom stereocenters. The second kappa shape index (κ2) is 3.02. The van der Waals surface area contributed by atoms with Crippen LogP contribution >= 0.6 is 12.6 Å². The van der Waals surface area contributed by atoms with Crippen LogP contribution in [0, 0.1) is 5.41 Å². The van der Waals surface area contributed by atoms with Crippen LogP contribution in [0.1, 0.15) is 0 Å². The van der Waals surface area contributed by atoms with Gasteiger partial charge in [-0.3, -0.25) is 5.41 Å². The molecule has 0 aromatic carbocycles. The summed E-state index contributed by atoms with van der Waals surface area (Å²) >= 11 is 3.89. The largest absolute Gasteiger partial charge is 0.344 e. The predicted octanol–water partition coefficient (Wildman–Crippen LogP) is -0.419. The molecule has 0 spiro atoms. The lowest BCUT2D eigenvalue weighted by Crippen LogP contribution is -2.29. The molecule has 0 aromatic heterocycles. The van der Waals surface area contributed by atoms with Gasteiger partial charge in [-0.05, 0) is 0 Å². The van der Waals surface area contributed by atoms with Gasteiger partial charge >= 0.3 is 0 Å². The zero-order valence-electron chi connectivity index (χ0n) is 5.95. The molecule has 1 N–H and O–H groups in total. The molecule has 1 aliphatic rings. The summed E-state index contributed by atoms with van der Waals surface area (Å²) in [5, 5.41) is 7.30. The number of hydrogen-bond donors (Lipinski definition) is 2. The van der Waals surface area contributed by atoms with E-state index in [0.717, 1.165) is 0 Å². The fourth-order valence-electron chi connectivity index (χ4n) is 0.929. The Hall–Kier alpha value is -0.230. The predicted molar refractivity (Wildman–Crippen MR) is 46.9 cm³/mol. The van der Waals surface area contributed by atoms with Gasteiger partial charge in [0.1, 0.15) is 11.7 Å². The van der Waals surface area contributed by atoms with Crippen LogP contribution in [0.25, 0.3) is 0 Å². The van der Waals surface area contributed by atoms with Crippen LogP contribution in [-0.2, 0) is 9.84 Å². The molecular formula is C5H10N2O2S2. The van der Waals surface area contributed by atoms with E-state index in [9.17, 15) is 8.42 Å². The van der Waals surface area contributed by atoms with Gasteiger partial charge < -0.3 is 4.90 Å². The third-order valence-electron chi connectivity index (χ3n) is 1.56. The molecule has 4 nitrogen and oxygen atoms in total. The van der Waals surface area contributed by atoms with Crippen molar-refractivity contribution in [3.8, 4) is 0 Å². The van der Waals surface area contributed by atoms with Gasteiger partial charge in [-0.2, -0.15) is 12.6 Å². The maximum atomic E-state index is 10.9. The van der Waals surface area contributed by atoms with Gasteiger partial charge in [0, 0.05) is 12.3 Å². The van der Waals surface area contributed by atoms with Crippen LogP contribution in [0.2, 0.25) is 0 Å². The Labute approximate surface area is 71.4 Å². The molecule has 1 saturated heterocycles. The summed E-state index contributed by atoms with van der Waals surface area (Å²) in [6.07, 6.45) is 0. The molecule has 0 amide bonds. The van der Waals surface area contributed by atoms with Gasteiger partial charge in [0.25, 0.3) is 0 Å². The average Bonchev–Trinajstić information content (AvgIpc) is 2.29. The highest BCUT2D eigenvalue weighted by Crippen LogP contribution is 2.07. The summed E-state index contributed by atoms with van der Waals surface area (Å²) in [7, 11) is -2.90. The van der Waals surface area contributed by atoms with E-state index in [2.05, 4.69) is 12.6 Å². The Balaban J connectivity index is 2.62. The van der Waals surface area contributed by atoms with E-state index in [1.165, 1.54) is 4.90 Å². The van der Waals surface area contributed by atoms with Gasteiger partial charge in [-0.15, -0.1) is 0 Å². The highest BCUT2D eigenvalue weighted by atomic mass is 32.2. The Morgan fingerprint density at radius 3 is 2.64 bits per heavy atom. The molecule has 1 fully saturated rings. The first-order valence-corrected chi connectivity index (χ1v) is 5.64. The van der Waals surface area contributed by atoms with Crippen molar-refractivity contribution in [2.24, 2.45) is 0 Å². The molecule has 1 rings (SSSR count).